The molecule has 80 valence electrons. The van der Waals surface area contributed by atoms with E-state index in [1.165, 1.54) is 0 Å². The minimum Gasteiger partial charge on any atom is -0.481 e. The average molecular weight is 200 g/mol. The van der Waals surface area contributed by atoms with Crippen molar-refractivity contribution < 1.29 is 19.8 Å². The molecule has 0 atom stereocenters. The summed E-state index contributed by atoms with van der Waals surface area (Å²) in [5.41, 5.74) is 0. The van der Waals surface area contributed by atoms with Crippen LogP contribution in [-0.4, -0.2) is 22.2 Å². The molecule has 0 radical (unpaired) electrons. The van der Waals surface area contributed by atoms with Crippen LogP contribution >= 0.6 is 0 Å². The first-order valence-corrected chi connectivity index (χ1v) is 5.01. The Kier molecular flexibility index (Phi) is 3.92. The first-order chi connectivity index (χ1) is 6.58. The van der Waals surface area contributed by atoms with Gasteiger partial charge in [0, 0.05) is 12.8 Å². The van der Waals surface area contributed by atoms with Gasteiger partial charge >= 0.3 is 11.9 Å². The van der Waals surface area contributed by atoms with Gasteiger partial charge in [-0.1, -0.05) is 0 Å². The number of rotatable bonds is 4. The minimum atomic E-state index is -0.744. The van der Waals surface area contributed by atoms with E-state index >= 15 is 0 Å². The van der Waals surface area contributed by atoms with Gasteiger partial charge in [-0.05, 0) is 37.5 Å². The fraction of sp³-hybridized carbons (Fsp3) is 0.800. The fourth-order valence-electron chi connectivity index (χ4n) is 2.13. The lowest BCUT2D eigenvalue weighted by Crippen LogP contribution is -2.19. The highest BCUT2D eigenvalue weighted by molar-refractivity contribution is 5.67. The molecule has 14 heavy (non-hydrogen) atoms. The molecule has 0 aromatic rings. The second-order valence-corrected chi connectivity index (χ2v) is 4.08. The van der Waals surface area contributed by atoms with E-state index in [0.29, 0.717) is 0 Å². The maximum absolute atomic E-state index is 10.4. The van der Waals surface area contributed by atoms with Gasteiger partial charge in [0.25, 0.3) is 0 Å². The molecule has 0 saturated heterocycles. The van der Waals surface area contributed by atoms with Gasteiger partial charge in [0.2, 0.25) is 0 Å². The zero-order chi connectivity index (χ0) is 10.6. The summed E-state index contributed by atoms with van der Waals surface area (Å²) in [6.07, 6.45) is 3.93. The minimum absolute atomic E-state index is 0.236. The van der Waals surface area contributed by atoms with E-state index in [9.17, 15) is 9.59 Å². The van der Waals surface area contributed by atoms with Crippen LogP contribution in [0.3, 0.4) is 0 Å². The molecule has 0 bridgehead atoms. The summed E-state index contributed by atoms with van der Waals surface area (Å²) in [6.45, 7) is 0. The highest BCUT2D eigenvalue weighted by atomic mass is 16.4. The molecular formula is C10H16O4. The summed E-state index contributed by atoms with van der Waals surface area (Å²) in [4.78, 5) is 20.9. The molecule has 4 heteroatoms. The molecular weight excluding hydrogens is 184 g/mol. The standard InChI is InChI=1S/C10H16O4/c11-9(12)5-7-1-2-8(4-3-7)6-10(13)14/h7-8H,1-6H2,(H,11,12)(H,13,14). The van der Waals surface area contributed by atoms with Crippen LogP contribution in [0, 0.1) is 11.8 Å². The summed E-state index contributed by atoms with van der Waals surface area (Å²) >= 11 is 0. The summed E-state index contributed by atoms with van der Waals surface area (Å²) in [5.74, 6) is -0.964. The van der Waals surface area contributed by atoms with Gasteiger partial charge in [0.15, 0.2) is 0 Å². The topological polar surface area (TPSA) is 74.6 Å². The first kappa shape index (κ1) is 11.0. The lowest BCUT2D eigenvalue weighted by Gasteiger charge is -2.26. The largest absolute Gasteiger partial charge is 0.481 e. The van der Waals surface area contributed by atoms with Crippen LogP contribution in [0.1, 0.15) is 38.5 Å². The van der Waals surface area contributed by atoms with Crippen molar-refractivity contribution in [2.45, 2.75) is 38.5 Å². The van der Waals surface area contributed by atoms with Crippen LogP contribution in [-0.2, 0) is 9.59 Å². The molecule has 0 heterocycles. The number of carbonyl (C=O) groups is 2. The van der Waals surface area contributed by atoms with Gasteiger partial charge in [-0.3, -0.25) is 9.59 Å². The fourth-order valence-corrected chi connectivity index (χ4v) is 2.13. The first-order valence-electron chi connectivity index (χ1n) is 5.01. The number of carboxylic acid groups (broad SMARTS) is 2. The van der Waals surface area contributed by atoms with Crippen LogP contribution in [0.15, 0.2) is 0 Å². The van der Waals surface area contributed by atoms with E-state index in [4.69, 9.17) is 10.2 Å². The molecule has 4 nitrogen and oxygen atoms in total. The molecule has 2 N–H and O–H groups in total. The maximum atomic E-state index is 10.4. The third-order valence-electron chi connectivity index (χ3n) is 2.89. The van der Waals surface area contributed by atoms with Crippen molar-refractivity contribution in [3.63, 3.8) is 0 Å². The summed E-state index contributed by atoms with van der Waals surface area (Å²) in [7, 11) is 0. The molecule has 1 saturated carbocycles. The molecule has 1 fully saturated rings. The van der Waals surface area contributed by atoms with Crippen LogP contribution in [0.5, 0.6) is 0 Å². The van der Waals surface area contributed by atoms with Gasteiger partial charge in [-0.2, -0.15) is 0 Å². The number of hydrogen-bond acceptors (Lipinski definition) is 2. The molecule has 0 amide bonds. The number of carboxylic acids is 2. The third-order valence-corrected chi connectivity index (χ3v) is 2.89. The summed E-state index contributed by atoms with van der Waals surface area (Å²) in [6, 6.07) is 0. The normalized spacial score (nSPS) is 27.1. The molecule has 0 aromatic heterocycles. The second kappa shape index (κ2) is 4.98. The Morgan fingerprint density at radius 1 is 0.857 bits per heavy atom. The van der Waals surface area contributed by atoms with Crippen molar-refractivity contribution in [1.82, 2.24) is 0 Å². The molecule has 0 spiro atoms. The number of hydrogen-bond donors (Lipinski definition) is 2. The number of aliphatic carboxylic acids is 2. The van der Waals surface area contributed by atoms with Gasteiger partial charge in [-0.15, -0.1) is 0 Å². The Hall–Kier alpha value is -1.06. The van der Waals surface area contributed by atoms with Crippen LogP contribution in [0.2, 0.25) is 0 Å². The Bertz CT molecular complexity index is 192. The second-order valence-electron chi connectivity index (χ2n) is 4.08. The maximum Gasteiger partial charge on any atom is 0.303 e. The smallest absolute Gasteiger partial charge is 0.303 e. The van der Waals surface area contributed by atoms with E-state index in [2.05, 4.69) is 0 Å². The molecule has 1 rings (SSSR count). The SMILES string of the molecule is O=C(O)CC1CCC(CC(=O)O)CC1. The Morgan fingerprint density at radius 2 is 1.14 bits per heavy atom. The predicted octanol–water partition coefficient (Wildman–Crippen LogP) is 1.74. The highest BCUT2D eigenvalue weighted by Crippen LogP contribution is 2.32. The van der Waals surface area contributed by atoms with Crippen LogP contribution < -0.4 is 0 Å². The van der Waals surface area contributed by atoms with Crippen molar-refractivity contribution in [3.05, 3.63) is 0 Å². The van der Waals surface area contributed by atoms with Crippen molar-refractivity contribution in [2.24, 2.45) is 11.8 Å². The van der Waals surface area contributed by atoms with Crippen LogP contribution in [0.4, 0.5) is 0 Å². The molecule has 1 aliphatic carbocycles. The molecule has 0 unspecified atom stereocenters. The van der Waals surface area contributed by atoms with Crippen molar-refractivity contribution in [3.8, 4) is 0 Å². The Balaban J connectivity index is 2.24. The lowest BCUT2D eigenvalue weighted by molar-refractivity contribution is -0.140. The van der Waals surface area contributed by atoms with Crippen molar-refractivity contribution >= 4 is 11.9 Å². The highest BCUT2D eigenvalue weighted by Gasteiger charge is 2.24. The van der Waals surface area contributed by atoms with E-state index < -0.39 is 11.9 Å². The molecule has 1 aliphatic rings. The van der Waals surface area contributed by atoms with E-state index in [1.54, 1.807) is 0 Å². The van der Waals surface area contributed by atoms with E-state index in [1.807, 2.05) is 0 Å². The van der Waals surface area contributed by atoms with Crippen molar-refractivity contribution in [1.29, 1.82) is 0 Å². The predicted molar refractivity (Wildman–Crippen MR) is 50.0 cm³/mol. The lowest BCUT2D eigenvalue weighted by atomic mass is 9.79. The monoisotopic (exact) mass is 200 g/mol. The Morgan fingerprint density at radius 3 is 1.36 bits per heavy atom. The summed E-state index contributed by atoms with van der Waals surface area (Å²) in [5, 5.41) is 17.2. The zero-order valence-corrected chi connectivity index (χ0v) is 8.11. The van der Waals surface area contributed by atoms with E-state index in [-0.39, 0.29) is 24.7 Å². The third kappa shape index (κ3) is 3.77. The van der Waals surface area contributed by atoms with Crippen molar-refractivity contribution in [2.75, 3.05) is 0 Å². The zero-order valence-electron chi connectivity index (χ0n) is 8.11. The average Bonchev–Trinajstić information content (AvgIpc) is 2.06. The molecule has 0 aliphatic heterocycles. The van der Waals surface area contributed by atoms with Gasteiger partial charge in [0.1, 0.15) is 0 Å². The summed E-state index contributed by atoms with van der Waals surface area (Å²) < 4.78 is 0. The quantitative estimate of drug-likeness (QED) is 0.724. The van der Waals surface area contributed by atoms with Crippen LogP contribution in [0.25, 0.3) is 0 Å². The molecule has 0 aromatic carbocycles. The van der Waals surface area contributed by atoms with Gasteiger partial charge < -0.3 is 10.2 Å². The van der Waals surface area contributed by atoms with Gasteiger partial charge in [-0.25, -0.2) is 0 Å². The Labute approximate surface area is 82.9 Å². The van der Waals surface area contributed by atoms with E-state index in [0.717, 1.165) is 25.7 Å². The van der Waals surface area contributed by atoms with Gasteiger partial charge in [0.05, 0.1) is 0 Å².